The van der Waals surface area contributed by atoms with E-state index in [1.807, 2.05) is 25.1 Å². The molecule has 114 valence electrons. The molecule has 0 saturated carbocycles. The predicted octanol–water partition coefficient (Wildman–Crippen LogP) is 3.66. The third-order valence-electron chi connectivity index (χ3n) is 3.16. The molecule has 0 radical (unpaired) electrons. The molecule has 4 heteroatoms. The van der Waals surface area contributed by atoms with Crippen LogP contribution in [0.15, 0.2) is 48.5 Å². The van der Waals surface area contributed by atoms with Crippen LogP contribution in [0.2, 0.25) is 0 Å². The number of carbonyl (C=O) groups excluding carboxylic acids is 1. The van der Waals surface area contributed by atoms with Gasteiger partial charge < -0.3 is 14.8 Å². The lowest BCUT2D eigenvalue weighted by Crippen LogP contribution is -2.07. The maximum atomic E-state index is 12.0. The standard InChI is InChI=1S/C18H19NO3/c1-13-4-10-17(22-3)14(12-13)5-11-18(20)19-15-6-8-16(21-2)9-7-15/h4-12H,1-3H3,(H,19,20)/b11-5+. The summed E-state index contributed by atoms with van der Waals surface area (Å²) in [4.78, 5) is 12.0. The molecule has 0 bridgehead atoms. The second kappa shape index (κ2) is 7.31. The van der Waals surface area contributed by atoms with Crippen LogP contribution >= 0.6 is 0 Å². The summed E-state index contributed by atoms with van der Waals surface area (Å²) in [6, 6.07) is 13.0. The molecular formula is C18H19NO3. The Hall–Kier alpha value is -2.75. The highest BCUT2D eigenvalue weighted by Gasteiger charge is 2.02. The molecule has 4 nitrogen and oxygen atoms in total. The Bertz CT molecular complexity index is 675. The third kappa shape index (κ3) is 4.12. The van der Waals surface area contributed by atoms with E-state index < -0.39 is 0 Å². The van der Waals surface area contributed by atoms with Gasteiger partial charge in [-0.25, -0.2) is 0 Å². The average molecular weight is 297 g/mol. The van der Waals surface area contributed by atoms with Gasteiger partial charge in [0.15, 0.2) is 0 Å². The Morgan fingerprint density at radius 2 is 1.77 bits per heavy atom. The van der Waals surface area contributed by atoms with Crippen molar-refractivity contribution in [1.82, 2.24) is 0 Å². The van der Waals surface area contributed by atoms with Gasteiger partial charge in [-0.15, -0.1) is 0 Å². The number of hydrogen-bond acceptors (Lipinski definition) is 3. The molecular weight excluding hydrogens is 278 g/mol. The van der Waals surface area contributed by atoms with Crippen LogP contribution in [0.1, 0.15) is 11.1 Å². The maximum absolute atomic E-state index is 12.0. The second-order valence-corrected chi connectivity index (χ2v) is 4.80. The Balaban J connectivity index is 2.06. The summed E-state index contributed by atoms with van der Waals surface area (Å²) >= 11 is 0. The minimum atomic E-state index is -0.200. The highest BCUT2D eigenvalue weighted by atomic mass is 16.5. The monoisotopic (exact) mass is 297 g/mol. The summed E-state index contributed by atoms with van der Waals surface area (Å²) in [6.07, 6.45) is 3.23. The Morgan fingerprint density at radius 1 is 1.05 bits per heavy atom. The topological polar surface area (TPSA) is 47.6 Å². The van der Waals surface area contributed by atoms with Crippen molar-refractivity contribution >= 4 is 17.7 Å². The van der Waals surface area contributed by atoms with Crippen molar-refractivity contribution in [2.45, 2.75) is 6.92 Å². The number of anilines is 1. The molecule has 2 aromatic carbocycles. The van der Waals surface area contributed by atoms with E-state index >= 15 is 0 Å². The predicted molar refractivity (Wildman–Crippen MR) is 88.4 cm³/mol. The molecule has 0 saturated heterocycles. The summed E-state index contributed by atoms with van der Waals surface area (Å²) in [5, 5.41) is 2.79. The lowest BCUT2D eigenvalue weighted by Gasteiger charge is -2.06. The quantitative estimate of drug-likeness (QED) is 0.857. The van der Waals surface area contributed by atoms with Crippen molar-refractivity contribution in [3.8, 4) is 11.5 Å². The van der Waals surface area contributed by atoms with Gasteiger partial charge in [-0.1, -0.05) is 11.6 Å². The zero-order valence-corrected chi connectivity index (χ0v) is 12.9. The van der Waals surface area contributed by atoms with Gasteiger partial charge in [-0.2, -0.15) is 0 Å². The van der Waals surface area contributed by atoms with Gasteiger partial charge in [0.25, 0.3) is 0 Å². The first-order chi connectivity index (χ1) is 10.6. The Labute approximate surface area is 130 Å². The molecule has 2 rings (SSSR count). The SMILES string of the molecule is COc1ccc(NC(=O)/C=C/c2cc(C)ccc2OC)cc1. The van der Waals surface area contributed by atoms with E-state index in [2.05, 4.69) is 5.32 Å². The van der Waals surface area contributed by atoms with Gasteiger partial charge in [0, 0.05) is 17.3 Å². The van der Waals surface area contributed by atoms with Crippen LogP contribution in [0.25, 0.3) is 6.08 Å². The number of nitrogens with one attached hydrogen (secondary N) is 1. The van der Waals surface area contributed by atoms with E-state index in [9.17, 15) is 4.79 Å². The van der Waals surface area contributed by atoms with E-state index in [4.69, 9.17) is 9.47 Å². The Kier molecular flexibility index (Phi) is 5.20. The average Bonchev–Trinajstić information content (AvgIpc) is 2.54. The summed E-state index contributed by atoms with van der Waals surface area (Å²) in [5.41, 5.74) is 2.69. The van der Waals surface area contributed by atoms with Gasteiger partial charge in [0.2, 0.25) is 5.91 Å². The van der Waals surface area contributed by atoms with E-state index in [1.165, 1.54) is 6.08 Å². The summed E-state index contributed by atoms with van der Waals surface area (Å²) in [5.74, 6) is 1.28. The number of amides is 1. The highest BCUT2D eigenvalue weighted by Crippen LogP contribution is 2.21. The van der Waals surface area contributed by atoms with Crippen LogP contribution < -0.4 is 14.8 Å². The molecule has 0 aliphatic rings. The fraction of sp³-hybridized carbons (Fsp3) is 0.167. The zero-order valence-electron chi connectivity index (χ0n) is 12.9. The highest BCUT2D eigenvalue weighted by molar-refractivity contribution is 6.02. The molecule has 0 aliphatic heterocycles. The van der Waals surface area contributed by atoms with Crippen molar-refractivity contribution in [2.75, 3.05) is 19.5 Å². The summed E-state index contributed by atoms with van der Waals surface area (Å²) < 4.78 is 10.4. The fourth-order valence-corrected chi connectivity index (χ4v) is 2.01. The van der Waals surface area contributed by atoms with Gasteiger partial charge in [0.05, 0.1) is 14.2 Å². The first-order valence-electron chi connectivity index (χ1n) is 6.90. The van der Waals surface area contributed by atoms with Crippen LogP contribution in [-0.4, -0.2) is 20.1 Å². The van der Waals surface area contributed by atoms with Crippen molar-refractivity contribution in [3.63, 3.8) is 0 Å². The molecule has 0 fully saturated rings. The maximum Gasteiger partial charge on any atom is 0.248 e. The lowest BCUT2D eigenvalue weighted by atomic mass is 10.1. The fourth-order valence-electron chi connectivity index (χ4n) is 2.01. The summed E-state index contributed by atoms with van der Waals surface area (Å²) in [7, 11) is 3.21. The largest absolute Gasteiger partial charge is 0.497 e. The molecule has 0 aromatic heterocycles. The van der Waals surface area contributed by atoms with Crippen LogP contribution in [0.4, 0.5) is 5.69 Å². The van der Waals surface area contributed by atoms with Crippen molar-refractivity contribution in [1.29, 1.82) is 0 Å². The van der Waals surface area contributed by atoms with Crippen molar-refractivity contribution in [3.05, 3.63) is 59.7 Å². The van der Waals surface area contributed by atoms with E-state index in [-0.39, 0.29) is 5.91 Å². The van der Waals surface area contributed by atoms with Crippen LogP contribution in [0.5, 0.6) is 11.5 Å². The number of hydrogen-bond donors (Lipinski definition) is 1. The van der Waals surface area contributed by atoms with E-state index in [0.717, 1.165) is 22.6 Å². The molecule has 2 aromatic rings. The summed E-state index contributed by atoms with van der Waals surface area (Å²) in [6.45, 7) is 1.99. The molecule has 1 amide bonds. The molecule has 0 spiro atoms. The molecule has 22 heavy (non-hydrogen) atoms. The Morgan fingerprint density at radius 3 is 2.41 bits per heavy atom. The molecule has 0 atom stereocenters. The molecule has 0 aliphatic carbocycles. The third-order valence-corrected chi connectivity index (χ3v) is 3.16. The van der Waals surface area contributed by atoms with Gasteiger partial charge in [-0.05, 0) is 49.4 Å². The van der Waals surface area contributed by atoms with Gasteiger partial charge in [0.1, 0.15) is 11.5 Å². The smallest absolute Gasteiger partial charge is 0.248 e. The molecule has 0 heterocycles. The van der Waals surface area contributed by atoms with E-state index in [1.54, 1.807) is 44.6 Å². The van der Waals surface area contributed by atoms with Crippen molar-refractivity contribution < 1.29 is 14.3 Å². The normalized spacial score (nSPS) is 10.5. The van der Waals surface area contributed by atoms with Crippen molar-refractivity contribution in [2.24, 2.45) is 0 Å². The first-order valence-corrected chi connectivity index (χ1v) is 6.90. The molecule has 0 unspecified atom stereocenters. The van der Waals surface area contributed by atoms with E-state index in [0.29, 0.717) is 5.69 Å². The second-order valence-electron chi connectivity index (χ2n) is 4.80. The van der Waals surface area contributed by atoms with Crippen LogP contribution in [0.3, 0.4) is 0 Å². The van der Waals surface area contributed by atoms with Gasteiger partial charge in [-0.3, -0.25) is 4.79 Å². The van der Waals surface area contributed by atoms with Crippen LogP contribution in [0, 0.1) is 6.92 Å². The number of benzene rings is 2. The number of methoxy groups -OCH3 is 2. The zero-order chi connectivity index (χ0) is 15.9. The minimum absolute atomic E-state index is 0.200. The minimum Gasteiger partial charge on any atom is -0.497 e. The number of aryl methyl sites for hydroxylation is 1. The lowest BCUT2D eigenvalue weighted by molar-refractivity contribution is -0.111. The molecule has 1 N–H and O–H groups in total. The van der Waals surface area contributed by atoms with Gasteiger partial charge >= 0.3 is 0 Å². The van der Waals surface area contributed by atoms with Crippen LogP contribution in [-0.2, 0) is 4.79 Å². The number of carbonyl (C=O) groups is 1. The number of ether oxygens (including phenoxy) is 2. The first kappa shape index (κ1) is 15.6. The number of rotatable bonds is 5.